The lowest BCUT2D eigenvalue weighted by atomic mass is 10.3. The first-order chi connectivity index (χ1) is 9.02. The number of rotatable bonds is 6. The molecule has 3 N–H and O–H groups in total. The number of nitrogens with one attached hydrogen (secondary N) is 1. The first-order valence-electron chi connectivity index (χ1n) is 5.88. The van der Waals surface area contributed by atoms with E-state index in [1.165, 1.54) is 4.90 Å². The van der Waals surface area contributed by atoms with Gasteiger partial charge in [-0.3, -0.25) is 9.59 Å². The summed E-state index contributed by atoms with van der Waals surface area (Å²) in [7, 11) is 1.59. The van der Waals surface area contributed by atoms with Crippen LogP contribution >= 0.6 is 15.9 Å². The van der Waals surface area contributed by atoms with Crippen molar-refractivity contribution in [2.75, 3.05) is 25.5 Å². The van der Waals surface area contributed by atoms with E-state index in [1.807, 2.05) is 0 Å². The van der Waals surface area contributed by atoms with Crippen LogP contribution < -0.4 is 11.1 Å². The average molecular weight is 329 g/mol. The Morgan fingerprint density at radius 2 is 2.21 bits per heavy atom. The Morgan fingerprint density at radius 1 is 1.47 bits per heavy atom. The highest BCUT2D eigenvalue weighted by Gasteiger charge is 2.12. The van der Waals surface area contributed by atoms with Crippen molar-refractivity contribution in [3.05, 3.63) is 22.8 Å². The number of carbonyl (C=O) groups is 2. The second-order valence-electron chi connectivity index (χ2n) is 4.05. The molecule has 0 aliphatic rings. The number of amides is 2. The molecule has 19 heavy (non-hydrogen) atoms. The van der Waals surface area contributed by atoms with Crippen molar-refractivity contribution in [1.82, 2.24) is 9.88 Å². The maximum atomic E-state index is 11.7. The van der Waals surface area contributed by atoms with Crippen LogP contribution in [0.25, 0.3) is 0 Å². The van der Waals surface area contributed by atoms with E-state index in [0.29, 0.717) is 25.2 Å². The van der Waals surface area contributed by atoms with E-state index >= 15 is 0 Å². The Bertz CT molecular complexity index is 436. The number of nitrogens with two attached hydrogens (primary N) is 1. The Labute approximate surface area is 120 Å². The fraction of sp³-hybridized carbons (Fsp3) is 0.417. The number of hydrogen-bond acceptors (Lipinski definition) is 4. The number of anilines is 1. The summed E-state index contributed by atoms with van der Waals surface area (Å²) in [6.07, 6.45) is 2.57. The van der Waals surface area contributed by atoms with Crippen LogP contribution in [0.15, 0.2) is 22.8 Å². The predicted molar refractivity (Wildman–Crippen MR) is 76.5 cm³/mol. The molecule has 0 aliphatic heterocycles. The number of aromatic nitrogens is 1. The van der Waals surface area contributed by atoms with Gasteiger partial charge in [0.05, 0.1) is 6.54 Å². The second kappa shape index (κ2) is 7.85. The van der Waals surface area contributed by atoms with Gasteiger partial charge in [-0.25, -0.2) is 4.98 Å². The van der Waals surface area contributed by atoms with Crippen molar-refractivity contribution in [3.8, 4) is 0 Å². The van der Waals surface area contributed by atoms with Crippen molar-refractivity contribution < 1.29 is 9.59 Å². The van der Waals surface area contributed by atoms with E-state index in [4.69, 9.17) is 5.73 Å². The van der Waals surface area contributed by atoms with Gasteiger partial charge in [0.25, 0.3) is 0 Å². The van der Waals surface area contributed by atoms with Gasteiger partial charge in [-0.15, -0.1) is 0 Å². The summed E-state index contributed by atoms with van der Waals surface area (Å²) in [4.78, 5) is 28.7. The zero-order valence-electron chi connectivity index (χ0n) is 10.7. The van der Waals surface area contributed by atoms with Gasteiger partial charge in [-0.2, -0.15) is 0 Å². The summed E-state index contributed by atoms with van der Waals surface area (Å²) in [6.45, 7) is 0.468. The monoisotopic (exact) mass is 328 g/mol. The summed E-state index contributed by atoms with van der Waals surface area (Å²) in [5.41, 5.74) is 5.33. The number of hydrogen-bond donors (Lipinski definition) is 2. The summed E-state index contributed by atoms with van der Waals surface area (Å²) >= 11 is 3.26. The van der Waals surface area contributed by atoms with Crippen LogP contribution in [0.1, 0.15) is 12.8 Å². The first-order valence-corrected chi connectivity index (χ1v) is 6.67. The van der Waals surface area contributed by atoms with Gasteiger partial charge in [-0.1, -0.05) is 0 Å². The highest BCUT2D eigenvalue weighted by Crippen LogP contribution is 2.10. The number of pyridine rings is 1. The number of halogens is 1. The van der Waals surface area contributed by atoms with Crippen molar-refractivity contribution in [2.45, 2.75) is 12.8 Å². The van der Waals surface area contributed by atoms with E-state index in [0.717, 1.165) is 4.47 Å². The second-order valence-corrected chi connectivity index (χ2v) is 4.97. The molecule has 1 aromatic heterocycles. The van der Waals surface area contributed by atoms with Crippen LogP contribution in [0.5, 0.6) is 0 Å². The Hall–Kier alpha value is -1.47. The molecule has 0 fully saturated rings. The molecule has 1 aromatic rings. The van der Waals surface area contributed by atoms with Crippen LogP contribution in [0.2, 0.25) is 0 Å². The van der Waals surface area contributed by atoms with Gasteiger partial charge >= 0.3 is 0 Å². The van der Waals surface area contributed by atoms with Gasteiger partial charge in [0.2, 0.25) is 11.8 Å². The molecule has 0 atom stereocenters. The lowest BCUT2D eigenvalue weighted by molar-refractivity contribution is -0.133. The molecule has 0 saturated heterocycles. The fourth-order valence-corrected chi connectivity index (χ4v) is 1.61. The smallest absolute Gasteiger partial charge is 0.245 e. The quantitative estimate of drug-likeness (QED) is 0.814. The Kier molecular flexibility index (Phi) is 6.44. The number of nitrogens with zero attached hydrogens (tertiary/aromatic N) is 2. The van der Waals surface area contributed by atoms with Gasteiger partial charge in [0, 0.05) is 24.1 Å². The van der Waals surface area contributed by atoms with E-state index in [1.54, 1.807) is 25.4 Å². The summed E-state index contributed by atoms with van der Waals surface area (Å²) < 4.78 is 0.833. The lowest BCUT2D eigenvalue weighted by Gasteiger charge is -2.16. The van der Waals surface area contributed by atoms with E-state index in [-0.39, 0.29) is 18.4 Å². The third-order valence-electron chi connectivity index (χ3n) is 2.40. The molecule has 7 heteroatoms. The van der Waals surface area contributed by atoms with E-state index in [9.17, 15) is 9.59 Å². The van der Waals surface area contributed by atoms with Crippen LogP contribution in [0.3, 0.4) is 0 Å². The van der Waals surface area contributed by atoms with Crippen LogP contribution in [0.4, 0.5) is 5.82 Å². The maximum Gasteiger partial charge on any atom is 0.245 e. The molecule has 0 saturated carbocycles. The molecule has 2 amide bonds. The third-order valence-corrected chi connectivity index (χ3v) is 2.87. The minimum absolute atomic E-state index is 0.00114. The SMILES string of the molecule is CN(CC(=O)Nc1ccc(Br)cn1)C(=O)CCCN. The number of carbonyl (C=O) groups excluding carboxylic acids is 2. The lowest BCUT2D eigenvalue weighted by Crippen LogP contribution is -2.35. The molecule has 1 heterocycles. The minimum atomic E-state index is -0.279. The van der Waals surface area contributed by atoms with Crippen molar-refractivity contribution >= 4 is 33.6 Å². The largest absolute Gasteiger partial charge is 0.336 e. The molecule has 6 nitrogen and oxygen atoms in total. The van der Waals surface area contributed by atoms with Crippen LogP contribution in [-0.4, -0.2) is 41.8 Å². The first kappa shape index (κ1) is 15.6. The molecule has 0 radical (unpaired) electrons. The van der Waals surface area contributed by atoms with Crippen molar-refractivity contribution in [1.29, 1.82) is 0 Å². The summed E-state index contributed by atoms with van der Waals surface area (Å²) in [6, 6.07) is 3.46. The van der Waals surface area contributed by atoms with Gasteiger partial charge in [-0.05, 0) is 41.0 Å². The molecule has 1 rings (SSSR count). The predicted octanol–water partition coefficient (Wildman–Crippen LogP) is 0.980. The third kappa shape index (κ3) is 5.80. The highest BCUT2D eigenvalue weighted by molar-refractivity contribution is 9.10. The van der Waals surface area contributed by atoms with E-state index < -0.39 is 0 Å². The molecule has 0 bridgehead atoms. The van der Waals surface area contributed by atoms with Gasteiger partial charge in [0.15, 0.2) is 0 Å². The summed E-state index contributed by atoms with van der Waals surface area (Å²) in [5.74, 6) is 0.0822. The molecule has 0 unspecified atom stereocenters. The molecule has 104 valence electrons. The standard InChI is InChI=1S/C12H17BrN4O2/c1-17(12(19)3-2-6-14)8-11(18)16-10-5-4-9(13)7-15-10/h4-5,7H,2-3,6,8,14H2,1H3,(H,15,16,18). The summed E-state index contributed by atoms with van der Waals surface area (Å²) in [5, 5.41) is 2.62. The van der Waals surface area contributed by atoms with Crippen molar-refractivity contribution in [3.63, 3.8) is 0 Å². The fourth-order valence-electron chi connectivity index (χ4n) is 1.38. The zero-order chi connectivity index (χ0) is 14.3. The van der Waals surface area contributed by atoms with Crippen molar-refractivity contribution in [2.24, 2.45) is 5.73 Å². The molecule has 0 spiro atoms. The zero-order valence-corrected chi connectivity index (χ0v) is 12.3. The Balaban J connectivity index is 2.42. The van der Waals surface area contributed by atoms with Crippen LogP contribution in [0, 0.1) is 0 Å². The highest BCUT2D eigenvalue weighted by atomic mass is 79.9. The van der Waals surface area contributed by atoms with Crippen LogP contribution in [-0.2, 0) is 9.59 Å². The topological polar surface area (TPSA) is 88.3 Å². The van der Waals surface area contributed by atoms with Gasteiger partial charge < -0.3 is 16.0 Å². The minimum Gasteiger partial charge on any atom is -0.336 e. The normalized spacial score (nSPS) is 10.1. The van der Waals surface area contributed by atoms with Gasteiger partial charge in [0.1, 0.15) is 5.82 Å². The molecular formula is C12H17BrN4O2. The molecule has 0 aliphatic carbocycles. The van der Waals surface area contributed by atoms with E-state index in [2.05, 4.69) is 26.2 Å². The molecular weight excluding hydrogens is 312 g/mol. The molecule has 0 aromatic carbocycles. The number of likely N-dealkylation sites (N-methyl/N-ethyl adjacent to an activating group) is 1. The average Bonchev–Trinajstić information content (AvgIpc) is 2.38. The maximum absolute atomic E-state index is 11.7. The Morgan fingerprint density at radius 3 is 2.79 bits per heavy atom.